The number of rotatable bonds is 6. The zero-order valence-corrected chi connectivity index (χ0v) is 8.86. The monoisotopic (exact) mass is 208 g/mol. The zero-order chi connectivity index (χ0) is 11.1. The van der Waals surface area contributed by atoms with Crippen LogP contribution in [0.25, 0.3) is 0 Å². The van der Waals surface area contributed by atoms with Crippen LogP contribution in [0.15, 0.2) is 24.3 Å². The van der Waals surface area contributed by atoms with E-state index in [2.05, 4.69) is 22.1 Å². The van der Waals surface area contributed by atoms with Gasteiger partial charge in [-0.2, -0.15) is 0 Å². The van der Waals surface area contributed by atoms with Crippen molar-refractivity contribution in [3.05, 3.63) is 24.3 Å². The van der Waals surface area contributed by atoms with Crippen LogP contribution < -0.4 is 11.1 Å². The molecule has 0 bridgehead atoms. The molecule has 0 aliphatic carbocycles. The molecule has 1 aromatic heterocycles. The molecule has 1 heterocycles. The number of anilines is 2. The maximum atomic E-state index is 5.40. The molecule has 0 saturated heterocycles. The normalized spacial score (nSPS) is 9.93. The third-order valence-electron chi connectivity index (χ3n) is 1.59. The van der Waals surface area contributed by atoms with E-state index in [1.807, 2.05) is 6.92 Å². The largest absolute Gasteiger partial charge is 0.382 e. The van der Waals surface area contributed by atoms with Crippen LogP contribution in [0.2, 0.25) is 0 Å². The van der Waals surface area contributed by atoms with Gasteiger partial charge in [-0.1, -0.05) is 12.2 Å². The lowest BCUT2D eigenvalue weighted by molar-refractivity contribution is 0.167. The SMILES string of the molecule is C=C(C)COCCNc1ccc(N)nn1. The smallest absolute Gasteiger partial charge is 0.148 e. The fourth-order valence-corrected chi connectivity index (χ4v) is 0.935. The van der Waals surface area contributed by atoms with E-state index in [0.29, 0.717) is 31.4 Å². The van der Waals surface area contributed by atoms with Crippen LogP contribution in [0.5, 0.6) is 0 Å². The predicted molar refractivity (Wildman–Crippen MR) is 60.6 cm³/mol. The summed E-state index contributed by atoms with van der Waals surface area (Å²) in [6, 6.07) is 3.48. The highest BCUT2D eigenvalue weighted by molar-refractivity contribution is 5.38. The zero-order valence-electron chi connectivity index (χ0n) is 8.86. The van der Waals surface area contributed by atoms with E-state index in [4.69, 9.17) is 10.5 Å². The van der Waals surface area contributed by atoms with Crippen LogP contribution in [-0.4, -0.2) is 30.0 Å². The second-order valence-corrected chi connectivity index (χ2v) is 3.28. The molecule has 0 aromatic carbocycles. The minimum atomic E-state index is 0.416. The Bertz CT molecular complexity index is 310. The molecule has 1 aromatic rings. The fraction of sp³-hybridized carbons (Fsp3) is 0.400. The highest BCUT2D eigenvalue weighted by Gasteiger charge is 1.94. The Labute approximate surface area is 89.3 Å². The number of nitrogens with zero attached hydrogens (tertiary/aromatic N) is 2. The highest BCUT2D eigenvalue weighted by Crippen LogP contribution is 2.01. The first-order valence-electron chi connectivity index (χ1n) is 4.73. The summed E-state index contributed by atoms with van der Waals surface area (Å²) in [5.74, 6) is 1.11. The summed E-state index contributed by atoms with van der Waals surface area (Å²) >= 11 is 0. The fourth-order valence-electron chi connectivity index (χ4n) is 0.935. The number of hydrogen-bond donors (Lipinski definition) is 2. The first kappa shape index (κ1) is 11.5. The molecule has 0 amide bonds. The van der Waals surface area contributed by atoms with Crippen LogP contribution in [-0.2, 0) is 4.74 Å². The molecule has 0 aliphatic heterocycles. The first-order valence-corrected chi connectivity index (χ1v) is 4.73. The van der Waals surface area contributed by atoms with Crippen molar-refractivity contribution in [1.82, 2.24) is 10.2 Å². The van der Waals surface area contributed by atoms with E-state index in [9.17, 15) is 0 Å². The molecule has 0 fully saturated rings. The number of hydrogen-bond acceptors (Lipinski definition) is 5. The Hall–Kier alpha value is -1.62. The number of ether oxygens (including phenoxy) is 1. The summed E-state index contributed by atoms with van der Waals surface area (Å²) in [6.07, 6.45) is 0. The minimum Gasteiger partial charge on any atom is -0.382 e. The molecule has 15 heavy (non-hydrogen) atoms. The van der Waals surface area contributed by atoms with Gasteiger partial charge in [0, 0.05) is 6.54 Å². The van der Waals surface area contributed by atoms with Crippen molar-refractivity contribution >= 4 is 11.6 Å². The van der Waals surface area contributed by atoms with Gasteiger partial charge in [-0.05, 0) is 19.1 Å². The quantitative estimate of drug-likeness (QED) is 0.540. The molecule has 0 saturated carbocycles. The van der Waals surface area contributed by atoms with Gasteiger partial charge in [0.25, 0.3) is 0 Å². The molecule has 0 radical (unpaired) electrons. The van der Waals surface area contributed by atoms with Gasteiger partial charge in [-0.3, -0.25) is 0 Å². The molecule has 5 nitrogen and oxygen atoms in total. The molecule has 0 unspecified atom stereocenters. The maximum Gasteiger partial charge on any atom is 0.148 e. The average Bonchev–Trinajstić information content (AvgIpc) is 2.20. The summed E-state index contributed by atoms with van der Waals surface area (Å²) in [4.78, 5) is 0. The molecule has 0 atom stereocenters. The van der Waals surface area contributed by atoms with E-state index in [1.165, 1.54) is 0 Å². The molecule has 0 aliphatic rings. The molecule has 82 valence electrons. The predicted octanol–water partition coefficient (Wildman–Crippen LogP) is 1.06. The van der Waals surface area contributed by atoms with E-state index in [0.717, 1.165) is 5.57 Å². The van der Waals surface area contributed by atoms with Crippen molar-refractivity contribution in [2.75, 3.05) is 30.8 Å². The Morgan fingerprint density at radius 3 is 2.93 bits per heavy atom. The van der Waals surface area contributed by atoms with Crippen molar-refractivity contribution < 1.29 is 4.74 Å². The van der Waals surface area contributed by atoms with E-state index < -0.39 is 0 Å². The van der Waals surface area contributed by atoms with Crippen LogP contribution in [0.4, 0.5) is 11.6 Å². The van der Waals surface area contributed by atoms with Gasteiger partial charge in [0.15, 0.2) is 0 Å². The van der Waals surface area contributed by atoms with Crippen LogP contribution >= 0.6 is 0 Å². The summed E-state index contributed by atoms with van der Waals surface area (Å²) < 4.78 is 5.31. The maximum absolute atomic E-state index is 5.40. The molecule has 5 heteroatoms. The van der Waals surface area contributed by atoms with E-state index >= 15 is 0 Å². The van der Waals surface area contributed by atoms with Gasteiger partial charge >= 0.3 is 0 Å². The van der Waals surface area contributed by atoms with Crippen molar-refractivity contribution in [2.24, 2.45) is 0 Å². The van der Waals surface area contributed by atoms with Gasteiger partial charge in [-0.25, -0.2) is 0 Å². The van der Waals surface area contributed by atoms with E-state index in [1.54, 1.807) is 12.1 Å². The number of nitrogens with one attached hydrogen (secondary N) is 1. The number of nitrogen functional groups attached to an aromatic ring is 1. The Morgan fingerprint density at radius 2 is 2.33 bits per heavy atom. The third-order valence-corrected chi connectivity index (χ3v) is 1.59. The lowest BCUT2D eigenvalue weighted by atomic mass is 10.4. The van der Waals surface area contributed by atoms with Crippen molar-refractivity contribution in [2.45, 2.75) is 6.92 Å². The van der Waals surface area contributed by atoms with Crippen LogP contribution in [0.1, 0.15) is 6.92 Å². The average molecular weight is 208 g/mol. The molecular formula is C10H16N4O. The lowest BCUT2D eigenvalue weighted by Crippen LogP contribution is -2.11. The van der Waals surface area contributed by atoms with Crippen molar-refractivity contribution in [3.8, 4) is 0 Å². The Balaban J connectivity index is 2.15. The van der Waals surface area contributed by atoms with E-state index in [-0.39, 0.29) is 0 Å². The molecule has 0 spiro atoms. The van der Waals surface area contributed by atoms with Crippen LogP contribution in [0, 0.1) is 0 Å². The topological polar surface area (TPSA) is 73.1 Å². The number of aromatic nitrogens is 2. The molecule has 3 N–H and O–H groups in total. The van der Waals surface area contributed by atoms with Gasteiger partial charge in [0.1, 0.15) is 11.6 Å². The lowest BCUT2D eigenvalue weighted by Gasteiger charge is -2.05. The summed E-state index contributed by atoms with van der Waals surface area (Å²) in [5.41, 5.74) is 6.42. The summed E-state index contributed by atoms with van der Waals surface area (Å²) in [6.45, 7) is 7.56. The summed E-state index contributed by atoms with van der Waals surface area (Å²) in [7, 11) is 0. The standard InChI is InChI=1S/C10H16N4O/c1-8(2)7-15-6-5-12-10-4-3-9(11)13-14-10/h3-4H,1,5-7H2,2H3,(H2,11,13)(H,12,14). The Kier molecular flexibility index (Phi) is 4.56. The molecule has 1 rings (SSSR count). The Morgan fingerprint density at radius 1 is 1.53 bits per heavy atom. The highest BCUT2D eigenvalue weighted by atomic mass is 16.5. The van der Waals surface area contributed by atoms with Crippen molar-refractivity contribution in [1.29, 1.82) is 0 Å². The third kappa shape index (κ3) is 4.97. The van der Waals surface area contributed by atoms with Gasteiger partial charge in [0.2, 0.25) is 0 Å². The number of nitrogens with two attached hydrogens (primary N) is 1. The first-order chi connectivity index (χ1) is 7.18. The second-order valence-electron chi connectivity index (χ2n) is 3.28. The second kappa shape index (κ2) is 5.98. The summed E-state index contributed by atoms with van der Waals surface area (Å²) in [5, 5.41) is 10.6. The van der Waals surface area contributed by atoms with Crippen LogP contribution in [0.3, 0.4) is 0 Å². The van der Waals surface area contributed by atoms with Gasteiger partial charge < -0.3 is 15.8 Å². The minimum absolute atomic E-state index is 0.416. The van der Waals surface area contributed by atoms with Gasteiger partial charge in [-0.15, -0.1) is 10.2 Å². The van der Waals surface area contributed by atoms with Crippen molar-refractivity contribution in [3.63, 3.8) is 0 Å². The molecular weight excluding hydrogens is 192 g/mol. The van der Waals surface area contributed by atoms with Gasteiger partial charge in [0.05, 0.1) is 13.2 Å².